The van der Waals surface area contributed by atoms with Gasteiger partial charge in [-0.1, -0.05) is 13.8 Å². The van der Waals surface area contributed by atoms with Crippen molar-refractivity contribution in [3.63, 3.8) is 0 Å². The van der Waals surface area contributed by atoms with E-state index in [9.17, 15) is 19.2 Å². The van der Waals surface area contributed by atoms with Crippen LogP contribution < -0.4 is 20.1 Å². The maximum Gasteiger partial charge on any atom is 0.338 e. The first-order valence-corrected chi connectivity index (χ1v) is 11.0. The van der Waals surface area contributed by atoms with E-state index in [0.717, 1.165) is 0 Å². The first-order valence-electron chi connectivity index (χ1n) is 11.0. The van der Waals surface area contributed by atoms with Crippen molar-refractivity contribution in [3.8, 4) is 11.5 Å². The number of anilines is 2. The molecule has 2 rings (SSSR count). The van der Waals surface area contributed by atoms with Crippen LogP contribution in [0.4, 0.5) is 11.4 Å². The lowest BCUT2D eigenvalue weighted by atomic mass is 10.2. The van der Waals surface area contributed by atoms with Gasteiger partial charge in [-0.05, 0) is 42.3 Å². The molecular weight excluding hydrogens is 456 g/mol. The zero-order valence-electron chi connectivity index (χ0n) is 20.2. The second-order valence-corrected chi connectivity index (χ2v) is 7.89. The highest BCUT2D eigenvalue weighted by atomic mass is 16.5. The Balaban J connectivity index is 1.74. The van der Waals surface area contributed by atoms with Gasteiger partial charge in [0, 0.05) is 18.2 Å². The van der Waals surface area contributed by atoms with Crippen LogP contribution in [0.3, 0.4) is 0 Å². The largest absolute Gasteiger partial charge is 0.497 e. The molecule has 0 aliphatic heterocycles. The zero-order valence-corrected chi connectivity index (χ0v) is 20.2. The molecule has 10 heteroatoms. The third-order valence-corrected chi connectivity index (χ3v) is 4.55. The van der Waals surface area contributed by atoms with Gasteiger partial charge in [0.25, 0.3) is 5.91 Å². The summed E-state index contributed by atoms with van der Waals surface area (Å²) >= 11 is 0. The SMILES string of the molecule is COc1ccc(OC)c(NC(=O)COC(=O)CCC(=O)Nc2ccc(C(=O)OCC(C)C)cc2)c1. The van der Waals surface area contributed by atoms with Crippen LogP contribution in [-0.4, -0.2) is 51.2 Å². The van der Waals surface area contributed by atoms with Crippen molar-refractivity contribution in [2.24, 2.45) is 5.92 Å². The van der Waals surface area contributed by atoms with Gasteiger partial charge in [0.15, 0.2) is 6.61 Å². The first-order chi connectivity index (χ1) is 16.7. The molecular formula is C25H30N2O8. The van der Waals surface area contributed by atoms with Gasteiger partial charge in [-0.3, -0.25) is 14.4 Å². The molecule has 10 nitrogen and oxygen atoms in total. The lowest BCUT2D eigenvalue weighted by Gasteiger charge is -2.12. The summed E-state index contributed by atoms with van der Waals surface area (Å²) in [6, 6.07) is 11.1. The van der Waals surface area contributed by atoms with Crippen molar-refractivity contribution in [2.75, 3.05) is 38.1 Å². The van der Waals surface area contributed by atoms with Gasteiger partial charge in [-0.25, -0.2) is 4.79 Å². The minimum Gasteiger partial charge on any atom is -0.497 e. The summed E-state index contributed by atoms with van der Waals surface area (Å²) in [6.07, 6.45) is -0.344. The average molecular weight is 487 g/mol. The molecule has 2 aromatic carbocycles. The van der Waals surface area contributed by atoms with Crippen molar-refractivity contribution in [2.45, 2.75) is 26.7 Å². The number of amides is 2. The summed E-state index contributed by atoms with van der Waals surface area (Å²) in [5, 5.41) is 5.21. The predicted molar refractivity (Wildman–Crippen MR) is 129 cm³/mol. The molecule has 188 valence electrons. The second kappa shape index (κ2) is 13.6. The van der Waals surface area contributed by atoms with Crippen molar-refractivity contribution in [3.05, 3.63) is 48.0 Å². The maximum absolute atomic E-state index is 12.1. The summed E-state index contributed by atoms with van der Waals surface area (Å²) in [5.74, 6) is -0.948. The van der Waals surface area contributed by atoms with Crippen LogP contribution in [0.5, 0.6) is 11.5 Å². The summed E-state index contributed by atoms with van der Waals surface area (Å²) in [7, 11) is 2.95. The molecule has 0 unspecified atom stereocenters. The lowest BCUT2D eigenvalue weighted by molar-refractivity contribution is -0.147. The minimum absolute atomic E-state index is 0.137. The minimum atomic E-state index is -0.698. The topological polar surface area (TPSA) is 129 Å². The molecule has 2 amide bonds. The molecule has 2 N–H and O–H groups in total. The normalized spacial score (nSPS) is 10.3. The average Bonchev–Trinajstić information content (AvgIpc) is 2.85. The Morgan fingerprint density at radius 3 is 2.17 bits per heavy atom. The van der Waals surface area contributed by atoms with Gasteiger partial charge in [0.05, 0.1) is 38.5 Å². The lowest BCUT2D eigenvalue weighted by Crippen LogP contribution is -2.22. The van der Waals surface area contributed by atoms with Gasteiger partial charge in [0.2, 0.25) is 5.91 Å². The number of carbonyl (C=O) groups excluding carboxylic acids is 4. The van der Waals surface area contributed by atoms with Crippen LogP contribution in [0.25, 0.3) is 0 Å². The van der Waals surface area contributed by atoms with E-state index in [0.29, 0.717) is 35.0 Å². The van der Waals surface area contributed by atoms with E-state index in [-0.39, 0.29) is 18.8 Å². The second-order valence-electron chi connectivity index (χ2n) is 7.89. The summed E-state index contributed by atoms with van der Waals surface area (Å²) in [5.41, 5.74) is 1.21. The predicted octanol–water partition coefficient (Wildman–Crippen LogP) is 3.42. The number of ether oxygens (including phenoxy) is 4. The molecule has 0 heterocycles. The Labute approximate surface area is 203 Å². The summed E-state index contributed by atoms with van der Waals surface area (Å²) in [4.78, 5) is 48.1. The molecule has 0 saturated carbocycles. The number of carbonyl (C=O) groups is 4. The first kappa shape index (κ1) is 27.2. The molecule has 35 heavy (non-hydrogen) atoms. The van der Waals surface area contributed by atoms with E-state index >= 15 is 0 Å². The molecule has 0 aliphatic carbocycles. The summed E-state index contributed by atoms with van der Waals surface area (Å²) in [6.45, 7) is 3.69. The van der Waals surface area contributed by atoms with Gasteiger partial charge in [-0.15, -0.1) is 0 Å². The number of methoxy groups -OCH3 is 2. The molecule has 0 bridgehead atoms. The fourth-order valence-electron chi connectivity index (χ4n) is 2.77. The highest BCUT2D eigenvalue weighted by Crippen LogP contribution is 2.28. The Bertz CT molecular complexity index is 1030. The molecule has 0 saturated heterocycles. The molecule has 0 radical (unpaired) electrons. The Morgan fingerprint density at radius 1 is 0.829 bits per heavy atom. The van der Waals surface area contributed by atoms with E-state index in [1.165, 1.54) is 14.2 Å². The molecule has 0 fully saturated rings. The van der Waals surface area contributed by atoms with Gasteiger partial charge in [0.1, 0.15) is 11.5 Å². The van der Waals surface area contributed by atoms with Crippen molar-refractivity contribution in [1.82, 2.24) is 0 Å². The number of esters is 2. The van der Waals surface area contributed by atoms with Crippen molar-refractivity contribution in [1.29, 1.82) is 0 Å². The quantitative estimate of drug-likeness (QED) is 0.437. The van der Waals surface area contributed by atoms with Crippen LogP contribution in [0.15, 0.2) is 42.5 Å². The molecule has 2 aromatic rings. The van der Waals surface area contributed by atoms with Crippen LogP contribution in [-0.2, 0) is 23.9 Å². The number of benzene rings is 2. The van der Waals surface area contributed by atoms with E-state index < -0.39 is 30.4 Å². The standard InChI is InChI=1S/C25H30N2O8/c1-16(2)14-35-25(31)17-5-7-18(8-6-17)26-22(28)11-12-24(30)34-15-23(29)27-20-13-19(32-3)9-10-21(20)33-4/h5-10,13,16H,11-12,14-15H2,1-4H3,(H,26,28)(H,27,29). The number of rotatable bonds is 12. The Kier molecular flexibility index (Phi) is 10.5. The van der Waals surface area contributed by atoms with Crippen LogP contribution in [0.1, 0.15) is 37.0 Å². The molecule has 0 atom stereocenters. The van der Waals surface area contributed by atoms with Crippen LogP contribution in [0.2, 0.25) is 0 Å². The third kappa shape index (κ3) is 9.36. The smallest absolute Gasteiger partial charge is 0.338 e. The zero-order chi connectivity index (χ0) is 25.8. The van der Waals surface area contributed by atoms with Crippen molar-refractivity contribution >= 4 is 35.1 Å². The maximum atomic E-state index is 12.1. The summed E-state index contributed by atoms with van der Waals surface area (Å²) < 4.78 is 20.4. The fourth-order valence-corrected chi connectivity index (χ4v) is 2.77. The van der Waals surface area contributed by atoms with E-state index in [1.54, 1.807) is 42.5 Å². The van der Waals surface area contributed by atoms with Crippen LogP contribution in [0, 0.1) is 5.92 Å². The molecule has 0 aliphatic rings. The van der Waals surface area contributed by atoms with Crippen molar-refractivity contribution < 1.29 is 38.1 Å². The highest BCUT2D eigenvalue weighted by Gasteiger charge is 2.14. The fraction of sp³-hybridized carbons (Fsp3) is 0.360. The van der Waals surface area contributed by atoms with E-state index in [1.807, 2.05) is 13.8 Å². The van der Waals surface area contributed by atoms with Gasteiger partial charge in [-0.2, -0.15) is 0 Å². The number of hydrogen-bond acceptors (Lipinski definition) is 8. The van der Waals surface area contributed by atoms with E-state index in [4.69, 9.17) is 18.9 Å². The monoisotopic (exact) mass is 486 g/mol. The highest BCUT2D eigenvalue weighted by molar-refractivity contribution is 5.96. The number of nitrogens with one attached hydrogen (secondary N) is 2. The van der Waals surface area contributed by atoms with Gasteiger partial charge < -0.3 is 29.6 Å². The Morgan fingerprint density at radius 2 is 1.54 bits per heavy atom. The third-order valence-electron chi connectivity index (χ3n) is 4.55. The Hall–Kier alpha value is -4.08. The molecule has 0 spiro atoms. The number of hydrogen-bond donors (Lipinski definition) is 2. The van der Waals surface area contributed by atoms with E-state index in [2.05, 4.69) is 10.6 Å². The molecule has 0 aromatic heterocycles. The van der Waals surface area contributed by atoms with Gasteiger partial charge >= 0.3 is 11.9 Å². The van der Waals surface area contributed by atoms with Crippen LogP contribution >= 0.6 is 0 Å².